The maximum Gasteiger partial charge on any atom is 0.508 e. The van der Waals surface area contributed by atoms with Gasteiger partial charge in [-0.05, 0) is 0 Å². The highest BCUT2D eigenvalue weighted by Gasteiger charge is 2.10. The summed E-state index contributed by atoms with van der Waals surface area (Å²) in [6.45, 7) is -1.81. The lowest BCUT2D eigenvalue weighted by Gasteiger charge is -2.10. The highest BCUT2D eigenvalue weighted by molar-refractivity contribution is 5.59. The smallest absolute Gasteiger partial charge is 0.431 e. The number of hydrogen-bond donors (Lipinski definition) is 4. The molecule has 2 unspecified atom stereocenters. The van der Waals surface area contributed by atoms with Crippen LogP contribution in [0, 0.1) is 0 Å². The predicted molar refractivity (Wildman–Crippen MR) is 43.5 cm³/mol. The minimum atomic E-state index is -1.15. The molecular weight excluding hydrogens is 196 g/mol. The summed E-state index contributed by atoms with van der Waals surface area (Å²) in [7, 11) is 0. The Labute approximate surface area is 80.5 Å². The van der Waals surface area contributed by atoms with Gasteiger partial charge in [0.05, 0.1) is 13.2 Å². The molecule has 0 spiro atoms. The van der Waals surface area contributed by atoms with Gasteiger partial charge in [0.25, 0.3) is 0 Å². The predicted octanol–water partition coefficient (Wildman–Crippen LogP) is -2.15. The number of carbonyl (C=O) groups is 1. The maximum absolute atomic E-state index is 10.7. The van der Waals surface area contributed by atoms with Gasteiger partial charge in [0.2, 0.25) is 0 Å². The second-order valence-corrected chi connectivity index (χ2v) is 2.54. The summed E-state index contributed by atoms with van der Waals surface area (Å²) in [5, 5.41) is 34.2. The number of ether oxygens (including phenoxy) is 2. The Balaban J connectivity index is 3.46. The van der Waals surface area contributed by atoms with E-state index in [0.29, 0.717) is 0 Å². The van der Waals surface area contributed by atoms with Crippen LogP contribution in [0.5, 0.6) is 0 Å². The maximum atomic E-state index is 10.7. The zero-order valence-electron chi connectivity index (χ0n) is 7.50. The van der Waals surface area contributed by atoms with Gasteiger partial charge < -0.3 is 29.9 Å². The van der Waals surface area contributed by atoms with E-state index in [0.717, 1.165) is 0 Å². The molecular formula is C7H14O7. The third-order valence-corrected chi connectivity index (χ3v) is 1.21. The van der Waals surface area contributed by atoms with Crippen molar-refractivity contribution in [1.29, 1.82) is 0 Å². The van der Waals surface area contributed by atoms with E-state index in [1.54, 1.807) is 0 Å². The van der Waals surface area contributed by atoms with Crippen molar-refractivity contribution in [2.45, 2.75) is 12.2 Å². The van der Waals surface area contributed by atoms with Crippen molar-refractivity contribution in [3.05, 3.63) is 0 Å². The molecule has 0 saturated heterocycles. The van der Waals surface area contributed by atoms with Crippen molar-refractivity contribution in [2.75, 3.05) is 26.4 Å². The Hall–Kier alpha value is -0.890. The summed E-state index contributed by atoms with van der Waals surface area (Å²) >= 11 is 0. The van der Waals surface area contributed by atoms with Crippen LogP contribution in [0.25, 0.3) is 0 Å². The molecule has 0 aliphatic carbocycles. The third-order valence-electron chi connectivity index (χ3n) is 1.21. The van der Waals surface area contributed by atoms with Crippen LogP contribution in [0.15, 0.2) is 0 Å². The van der Waals surface area contributed by atoms with Gasteiger partial charge in [-0.1, -0.05) is 0 Å². The van der Waals surface area contributed by atoms with E-state index < -0.39 is 31.6 Å². The average Bonchev–Trinajstić information content (AvgIpc) is 2.22. The van der Waals surface area contributed by atoms with Gasteiger partial charge in [-0.15, -0.1) is 0 Å². The zero-order valence-corrected chi connectivity index (χ0v) is 7.50. The van der Waals surface area contributed by atoms with Crippen LogP contribution in [0.2, 0.25) is 0 Å². The number of carbonyl (C=O) groups excluding carboxylic acids is 1. The van der Waals surface area contributed by atoms with E-state index in [4.69, 9.17) is 20.4 Å². The first kappa shape index (κ1) is 13.1. The molecule has 0 bridgehead atoms. The zero-order chi connectivity index (χ0) is 11.0. The molecule has 0 rings (SSSR count). The first-order valence-corrected chi connectivity index (χ1v) is 3.97. The Kier molecular flexibility index (Phi) is 7.03. The molecule has 7 heteroatoms. The van der Waals surface area contributed by atoms with Crippen molar-refractivity contribution in [3.63, 3.8) is 0 Å². The van der Waals surface area contributed by atoms with Crippen molar-refractivity contribution < 1.29 is 34.7 Å². The fourth-order valence-electron chi connectivity index (χ4n) is 0.476. The standard InChI is InChI=1S/C7H14O7/c8-1-5(10)3-13-7(12)14-4-6(11)2-9/h5-6,8-11H,1-4H2. The molecule has 0 aromatic carbocycles. The van der Waals surface area contributed by atoms with E-state index >= 15 is 0 Å². The minimum absolute atomic E-state index is 0.384. The quantitative estimate of drug-likeness (QED) is 0.369. The molecule has 0 saturated carbocycles. The molecule has 2 atom stereocenters. The third kappa shape index (κ3) is 6.61. The number of aliphatic hydroxyl groups is 4. The average molecular weight is 210 g/mol. The summed E-state index contributed by atoms with van der Waals surface area (Å²) in [5.74, 6) is 0. The Morgan fingerprint density at radius 2 is 1.36 bits per heavy atom. The second-order valence-electron chi connectivity index (χ2n) is 2.54. The molecule has 14 heavy (non-hydrogen) atoms. The Morgan fingerprint density at radius 3 is 1.64 bits per heavy atom. The highest BCUT2D eigenvalue weighted by Crippen LogP contribution is 1.91. The van der Waals surface area contributed by atoms with Gasteiger partial charge in [-0.2, -0.15) is 0 Å². The van der Waals surface area contributed by atoms with E-state index in [9.17, 15) is 4.79 Å². The summed E-state index contributed by atoms with van der Waals surface area (Å²) in [6.07, 6.45) is -3.37. The van der Waals surface area contributed by atoms with E-state index in [1.165, 1.54) is 0 Å². The minimum Gasteiger partial charge on any atom is -0.431 e. The van der Waals surface area contributed by atoms with Crippen molar-refractivity contribution in [2.24, 2.45) is 0 Å². The van der Waals surface area contributed by atoms with Crippen LogP contribution < -0.4 is 0 Å². The van der Waals surface area contributed by atoms with Gasteiger partial charge in [-0.25, -0.2) is 4.79 Å². The number of aliphatic hydroxyl groups excluding tert-OH is 4. The number of hydrogen-bond acceptors (Lipinski definition) is 7. The molecule has 0 radical (unpaired) electrons. The van der Waals surface area contributed by atoms with E-state index in [2.05, 4.69) is 9.47 Å². The van der Waals surface area contributed by atoms with Gasteiger partial charge in [0.1, 0.15) is 25.4 Å². The van der Waals surface area contributed by atoms with Crippen LogP contribution in [-0.4, -0.2) is 65.2 Å². The van der Waals surface area contributed by atoms with Crippen molar-refractivity contribution >= 4 is 6.16 Å². The highest BCUT2D eigenvalue weighted by atomic mass is 16.7. The SMILES string of the molecule is O=C(OCC(O)CO)OCC(O)CO. The summed E-state index contributed by atoms with van der Waals surface area (Å²) in [5.41, 5.74) is 0. The van der Waals surface area contributed by atoms with Gasteiger partial charge in [-0.3, -0.25) is 0 Å². The molecule has 4 N–H and O–H groups in total. The fourth-order valence-corrected chi connectivity index (χ4v) is 0.476. The molecule has 7 nitrogen and oxygen atoms in total. The fraction of sp³-hybridized carbons (Fsp3) is 0.857. The van der Waals surface area contributed by atoms with Crippen molar-refractivity contribution in [1.82, 2.24) is 0 Å². The van der Waals surface area contributed by atoms with Gasteiger partial charge >= 0.3 is 6.16 Å². The van der Waals surface area contributed by atoms with Crippen LogP contribution in [0.3, 0.4) is 0 Å². The van der Waals surface area contributed by atoms with Crippen molar-refractivity contribution in [3.8, 4) is 0 Å². The topological polar surface area (TPSA) is 116 Å². The first-order valence-electron chi connectivity index (χ1n) is 3.97. The van der Waals surface area contributed by atoms with Crippen LogP contribution in [0.1, 0.15) is 0 Å². The molecule has 0 fully saturated rings. The monoisotopic (exact) mass is 210 g/mol. The first-order chi connectivity index (χ1) is 6.60. The van der Waals surface area contributed by atoms with Gasteiger partial charge in [0.15, 0.2) is 0 Å². The normalized spacial score (nSPS) is 14.6. The lowest BCUT2D eigenvalue weighted by Crippen LogP contribution is -2.25. The van der Waals surface area contributed by atoms with E-state index in [-0.39, 0.29) is 13.2 Å². The lowest BCUT2D eigenvalue weighted by atomic mass is 10.4. The summed E-state index contributed by atoms with van der Waals surface area (Å²) < 4.78 is 8.65. The largest absolute Gasteiger partial charge is 0.508 e. The molecule has 0 aliphatic rings. The van der Waals surface area contributed by atoms with Gasteiger partial charge in [0, 0.05) is 0 Å². The molecule has 0 heterocycles. The summed E-state index contributed by atoms with van der Waals surface area (Å²) in [4.78, 5) is 10.7. The molecule has 84 valence electrons. The Bertz CT molecular complexity index is 144. The molecule has 0 amide bonds. The second kappa shape index (κ2) is 7.51. The summed E-state index contributed by atoms with van der Waals surface area (Å²) in [6, 6.07) is 0. The van der Waals surface area contributed by atoms with Crippen LogP contribution >= 0.6 is 0 Å². The van der Waals surface area contributed by atoms with Crippen LogP contribution in [0.4, 0.5) is 4.79 Å². The van der Waals surface area contributed by atoms with E-state index in [1.807, 2.05) is 0 Å². The molecule has 0 aromatic rings. The number of rotatable bonds is 6. The molecule has 0 aromatic heterocycles. The van der Waals surface area contributed by atoms with Crippen LogP contribution in [-0.2, 0) is 9.47 Å². The Morgan fingerprint density at radius 1 is 1.00 bits per heavy atom. The lowest BCUT2D eigenvalue weighted by molar-refractivity contribution is -0.0215. The molecule has 0 aliphatic heterocycles.